The molecule has 2 atom stereocenters. The predicted molar refractivity (Wildman–Crippen MR) is 115 cm³/mol. The van der Waals surface area contributed by atoms with Gasteiger partial charge in [-0.1, -0.05) is 44.2 Å². The Morgan fingerprint density at radius 1 is 1.17 bits per heavy atom. The third-order valence-corrected chi connectivity index (χ3v) is 7.08. The Bertz CT molecular complexity index is 857. The van der Waals surface area contributed by atoms with Gasteiger partial charge in [-0.25, -0.2) is 0 Å². The molecule has 0 spiro atoms. The van der Waals surface area contributed by atoms with Gasteiger partial charge in [0, 0.05) is 23.5 Å². The van der Waals surface area contributed by atoms with Crippen molar-refractivity contribution in [2.24, 2.45) is 0 Å². The fourth-order valence-corrected chi connectivity index (χ4v) is 5.26. The van der Waals surface area contributed by atoms with Gasteiger partial charge in [0.15, 0.2) is 11.5 Å². The van der Waals surface area contributed by atoms with Gasteiger partial charge >= 0.3 is 0 Å². The Morgan fingerprint density at radius 3 is 2.41 bits per heavy atom. The summed E-state index contributed by atoms with van der Waals surface area (Å²) >= 11 is 1.65. The van der Waals surface area contributed by atoms with Crippen molar-refractivity contribution in [3.63, 3.8) is 0 Å². The standard InChI is InChI=1S/C23H29NO4S/c1-5-17(25)14-23(6-2)15-29-21-13-20(28-4)19(27-3)12-18(21)22(24(23)26)16-10-8-7-9-11-16/h7-13,22,26H,5-6,14-15H2,1-4H3/t22-,23-/m0/s1. The van der Waals surface area contributed by atoms with Crippen LogP contribution in [-0.2, 0) is 4.79 Å². The van der Waals surface area contributed by atoms with E-state index < -0.39 is 11.6 Å². The highest BCUT2D eigenvalue weighted by Crippen LogP contribution is 2.48. The summed E-state index contributed by atoms with van der Waals surface area (Å²) in [5, 5.41) is 13.0. The summed E-state index contributed by atoms with van der Waals surface area (Å²) in [6, 6.07) is 13.4. The van der Waals surface area contributed by atoms with Gasteiger partial charge in [-0.05, 0) is 29.7 Å². The number of ether oxygens (including phenoxy) is 2. The summed E-state index contributed by atoms with van der Waals surface area (Å²) < 4.78 is 11.0. The highest BCUT2D eigenvalue weighted by molar-refractivity contribution is 7.99. The van der Waals surface area contributed by atoms with Crippen LogP contribution in [0.25, 0.3) is 0 Å². The van der Waals surface area contributed by atoms with Crippen molar-refractivity contribution in [1.82, 2.24) is 5.06 Å². The molecule has 29 heavy (non-hydrogen) atoms. The van der Waals surface area contributed by atoms with Crippen LogP contribution in [0.5, 0.6) is 11.5 Å². The van der Waals surface area contributed by atoms with E-state index in [0.717, 1.165) is 16.0 Å². The molecule has 0 radical (unpaired) electrons. The van der Waals surface area contributed by atoms with Crippen molar-refractivity contribution in [1.29, 1.82) is 0 Å². The first kappa shape index (κ1) is 21.7. The number of rotatable bonds is 7. The van der Waals surface area contributed by atoms with E-state index in [1.54, 1.807) is 26.0 Å². The molecule has 0 fully saturated rings. The normalized spacial score (nSPS) is 21.9. The van der Waals surface area contributed by atoms with Crippen LogP contribution in [0.2, 0.25) is 0 Å². The molecule has 0 amide bonds. The first-order valence-electron chi connectivity index (χ1n) is 9.93. The predicted octanol–water partition coefficient (Wildman–Crippen LogP) is 5.11. The van der Waals surface area contributed by atoms with Gasteiger partial charge in [0.25, 0.3) is 0 Å². The van der Waals surface area contributed by atoms with Crippen LogP contribution in [-0.4, -0.2) is 41.6 Å². The zero-order chi connectivity index (χ0) is 21.0. The Balaban J connectivity index is 2.20. The molecule has 2 aromatic carbocycles. The molecule has 0 aromatic heterocycles. The first-order valence-corrected chi connectivity index (χ1v) is 10.9. The maximum absolute atomic E-state index is 12.4. The molecule has 0 bridgehead atoms. The maximum Gasteiger partial charge on any atom is 0.161 e. The van der Waals surface area contributed by atoms with Crippen LogP contribution in [0, 0.1) is 0 Å². The fraction of sp³-hybridized carbons (Fsp3) is 0.435. The van der Waals surface area contributed by atoms with Crippen LogP contribution in [0.3, 0.4) is 0 Å². The van der Waals surface area contributed by atoms with E-state index in [2.05, 4.69) is 0 Å². The number of methoxy groups -OCH3 is 2. The summed E-state index contributed by atoms with van der Waals surface area (Å²) in [5.74, 6) is 2.04. The van der Waals surface area contributed by atoms with E-state index in [-0.39, 0.29) is 5.78 Å². The molecule has 6 heteroatoms. The topological polar surface area (TPSA) is 59.0 Å². The van der Waals surface area contributed by atoms with Gasteiger partial charge < -0.3 is 14.7 Å². The maximum atomic E-state index is 12.4. The number of thioether (sulfide) groups is 1. The van der Waals surface area contributed by atoms with Crippen LogP contribution in [0.4, 0.5) is 0 Å². The SMILES string of the molecule is CCC(=O)C[C@@]1(CC)CSc2cc(OC)c(OC)cc2[C@H](c2ccccc2)N1O. The number of hydrogen-bond acceptors (Lipinski definition) is 6. The summed E-state index contributed by atoms with van der Waals surface area (Å²) in [6.07, 6.45) is 1.44. The first-order chi connectivity index (χ1) is 14.0. The fourth-order valence-electron chi connectivity index (χ4n) is 3.87. The van der Waals surface area contributed by atoms with E-state index >= 15 is 0 Å². The molecule has 2 aromatic rings. The number of fused-ring (bicyclic) bond motifs is 1. The van der Waals surface area contributed by atoms with Crippen LogP contribution < -0.4 is 9.47 Å². The van der Waals surface area contributed by atoms with Gasteiger partial charge in [-0.15, -0.1) is 11.8 Å². The summed E-state index contributed by atoms with van der Waals surface area (Å²) in [7, 11) is 3.23. The minimum absolute atomic E-state index is 0.152. The third kappa shape index (κ3) is 4.15. The molecule has 3 rings (SSSR count). The number of carbonyl (C=O) groups excluding carboxylic acids is 1. The van der Waals surface area contributed by atoms with Crippen LogP contribution in [0.15, 0.2) is 47.4 Å². The molecule has 0 unspecified atom stereocenters. The van der Waals surface area contributed by atoms with E-state index in [1.165, 1.54) is 5.06 Å². The summed E-state index contributed by atoms with van der Waals surface area (Å²) in [6.45, 7) is 3.91. The molecule has 1 aliphatic rings. The van der Waals surface area contributed by atoms with Crippen molar-refractivity contribution in [2.75, 3.05) is 20.0 Å². The van der Waals surface area contributed by atoms with Crippen molar-refractivity contribution < 1.29 is 19.5 Å². The van der Waals surface area contributed by atoms with Gasteiger partial charge in [0.2, 0.25) is 0 Å². The molecule has 0 saturated carbocycles. The monoisotopic (exact) mass is 415 g/mol. The zero-order valence-corrected chi connectivity index (χ0v) is 18.3. The van der Waals surface area contributed by atoms with Crippen LogP contribution in [0.1, 0.15) is 50.3 Å². The molecule has 156 valence electrons. The van der Waals surface area contributed by atoms with Gasteiger partial charge in [-0.2, -0.15) is 5.06 Å². The third-order valence-electron chi connectivity index (χ3n) is 5.73. The smallest absolute Gasteiger partial charge is 0.161 e. The number of nitrogens with zero attached hydrogens (tertiary/aromatic N) is 1. The lowest BCUT2D eigenvalue weighted by Gasteiger charge is -2.41. The average molecular weight is 416 g/mol. The summed E-state index contributed by atoms with van der Waals surface area (Å²) in [5.41, 5.74) is 1.26. The molecule has 1 aliphatic heterocycles. The molecule has 1 N–H and O–H groups in total. The Morgan fingerprint density at radius 2 is 1.83 bits per heavy atom. The molecule has 1 heterocycles. The van der Waals surface area contributed by atoms with Crippen molar-refractivity contribution in [2.45, 2.75) is 49.6 Å². The lowest BCUT2D eigenvalue weighted by atomic mass is 9.87. The molecular formula is C23H29NO4S. The van der Waals surface area contributed by atoms with E-state index in [9.17, 15) is 10.0 Å². The lowest BCUT2D eigenvalue weighted by molar-refractivity contribution is -0.193. The van der Waals surface area contributed by atoms with E-state index in [0.29, 0.717) is 36.5 Å². The average Bonchev–Trinajstić information content (AvgIpc) is 2.87. The number of ketones is 1. The number of carbonyl (C=O) groups is 1. The van der Waals surface area contributed by atoms with Crippen molar-refractivity contribution in [3.8, 4) is 11.5 Å². The summed E-state index contributed by atoms with van der Waals surface area (Å²) in [4.78, 5) is 13.5. The van der Waals surface area contributed by atoms with Crippen LogP contribution >= 0.6 is 11.8 Å². The van der Waals surface area contributed by atoms with Gasteiger partial charge in [0.1, 0.15) is 5.78 Å². The minimum Gasteiger partial charge on any atom is -0.493 e. The van der Waals surface area contributed by atoms with Gasteiger partial charge in [0.05, 0.1) is 25.8 Å². The molecular weight excluding hydrogens is 386 g/mol. The second-order valence-corrected chi connectivity index (χ2v) is 8.36. The van der Waals surface area contributed by atoms with E-state index in [1.807, 2.05) is 56.3 Å². The Labute approximate surface area is 177 Å². The van der Waals surface area contributed by atoms with Crippen molar-refractivity contribution >= 4 is 17.5 Å². The Hall–Kier alpha value is -2.02. The zero-order valence-electron chi connectivity index (χ0n) is 17.5. The minimum atomic E-state index is -0.655. The highest BCUT2D eigenvalue weighted by Gasteiger charge is 2.44. The van der Waals surface area contributed by atoms with Gasteiger partial charge in [-0.3, -0.25) is 4.79 Å². The molecule has 0 saturated heterocycles. The Kier molecular flexibility index (Phi) is 6.88. The quantitative estimate of drug-likeness (QED) is 0.678. The molecule has 5 nitrogen and oxygen atoms in total. The number of hydrogen-bond donors (Lipinski definition) is 1. The van der Waals surface area contributed by atoms with E-state index in [4.69, 9.17) is 9.47 Å². The molecule has 0 aliphatic carbocycles. The number of Topliss-reactive ketones (excluding diaryl/α,β-unsaturated/α-hetero) is 1. The lowest BCUT2D eigenvalue weighted by Crippen LogP contribution is -2.51. The number of hydroxylamine groups is 2. The second kappa shape index (κ2) is 9.20. The second-order valence-electron chi connectivity index (χ2n) is 7.34. The highest BCUT2D eigenvalue weighted by atomic mass is 32.2. The van der Waals surface area contributed by atoms with Crippen molar-refractivity contribution in [3.05, 3.63) is 53.6 Å². The largest absolute Gasteiger partial charge is 0.493 e. The number of benzene rings is 2.